The highest BCUT2D eigenvalue weighted by Gasteiger charge is 2.20. The van der Waals surface area contributed by atoms with Gasteiger partial charge in [-0.1, -0.05) is 194 Å². The third-order valence-electron chi connectivity index (χ3n) is 12.3. The van der Waals surface area contributed by atoms with Gasteiger partial charge in [0, 0.05) is 16.2 Å². The Balaban J connectivity index is 1.09. The maximum atomic E-state index is 6.48. The first-order valence-electron chi connectivity index (χ1n) is 20.3. The van der Waals surface area contributed by atoms with E-state index in [9.17, 15) is 0 Å². The highest BCUT2D eigenvalue weighted by molar-refractivity contribution is 6.23. The summed E-state index contributed by atoms with van der Waals surface area (Å²) >= 11 is 0. The lowest BCUT2D eigenvalue weighted by Gasteiger charge is -2.19. The SMILES string of the molecule is c1ccc(-c2ccc3c(-c4cccc(-c5cc6c7ccccc7oc6c6ccccc56)c4)c4ccccc4c(-c4ccc(-c5cccc6ccccc56)cc4)c3c2)cc1. The van der Waals surface area contributed by atoms with Crippen molar-refractivity contribution in [3.05, 3.63) is 218 Å². The fourth-order valence-electron chi connectivity index (χ4n) is 9.53. The highest BCUT2D eigenvalue weighted by atomic mass is 16.3. The average molecular weight is 749 g/mol. The molecule has 1 aromatic heterocycles. The van der Waals surface area contributed by atoms with Crippen LogP contribution in [0.3, 0.4) is 0 Å². The van der Waals surface area contributed by atoms with E-state index >= 15 is 0 Å². The molecule has 0 saturated carbocycles. The minimum Gasteiger partial charge on any atom is -0.455 e. The number of hydrogen-bond acceptors (Lipinski definition) is 1. The Bertz CT molecular complexity index is 3590. The van der Waals surface area contributed by atoms with E-state index in [1.54, 1.807) is 0 Å². The van der Waals surface area contributed by atoms with Gasteiger partial charge >= 0.3 is 0 Å². The smallest absolute Gasteiger partial charge is 0.143 e. The first-order valence-corrected chi connectivity index (χ1v) is 20.3. The van der Waals surface area contributed by atoms with Crippen molar-refractivity contribution in [1.82, 2.24) is 0 Å². The summed E-state index contributed by atoms with van der Waals surface area (Å²) in [6.45, 7) is 0. The van der Waals surface area contributed by atoms with Gasteiger partial charge in [-0.15, -0.1) is 0 Å². The summed E-state index contributed by atoms with van der Waals surface area (Å²) in [4.78, 5) is 0. The lowest BCUT2D eigenvalue weighted by molar-refractivity contribution is 0.672. The largest absolute Gasteiger partial charge is 0.455 e. The molecule has 11 aromatic carbocycles. The lowest BCUT2D eigenvalue weighted by Crippen LogP contribution is -1.92. The number of fused-ring (bicyclic) bond motifs is 8. The normalized spacial score (nSPS) is 11.7. The van der Waals surface area contributed by atoms with Gasteiger partial charge < -0.3 is 4.42 Å². The van der Waals surface area contributed by atoms with Gasteiger partial charge in [0.05, 0.1) is 0 Å². The molecule has 1 heteroatoms. The molecule has 0 amide bonds. The molecule has 0 aliphatic rings. The fraction of sp³-hybridized carbons (Fsp3) is 0. The maximum absolute atomic E-state index is 6.48. The van der Waals surface area contributed by atoms with Crippen LogP contribution in [0.4, 0.5) is 0 Å². The van der Waals surface area contributed by atoms with Gasteiger partial charge in [-0.2, -0.15) is 0 Å². The topological polar surface area (TPSA) is 13.1 Å². The number of furan rings is 1. The quantitative estimate of drug-likeness (QED) is 0.160. The molecule has 0 aliphatic heterocycles. The van der Waals surface area contributed by atoms with Crippen molar-refractivity contribution >= 4 is 65.0 Å². The minimum absolute atomic E-state index is 0.912. The van der Waals surface area contributed by atoms with E-state index in [1.165, 1.54) is 93.3 Å². The summed E-state index contributed by atoms with van der Waals surface area (Å²) in [6, 6.07) is 79.7. The molecule has 0 radical (unpaired) electrons. The molecule has 0 fully saturated rings. The minimum atomic E-state index is 0.912. The Hall–Kier alpha value is -7.74. The van der Waals surface area contributed by atoms with E-state index < -0.39 is 0 Å². The van der Waals surface area contributed by atoms with Crippen molar-refractivity contribution in [1.29, 1.82) is 0 Å². The molecule has 0 atom stereocenters. The van der Waals surface area contributed by atoms with Gasteiger partial charge in [0.25, 0.3) is 0 Å². The third kappa shape index (κ3) is 5.40. The van der Waals surface area contributed by atoms with Crippen LogP contribution in [0.15, 0.2) is 223 Å². The molecule has 274 valence electrons. The monoisotopic (exact) mass is 748 g/mol. The summed E-state index contributed by atoms with van der Waals surface area (Å²) < 4.78 is 6.48. The second kappa shape index (κ2) is 13.4. The Labute approximate surface area is 342 Å². The molecule has 0 spiro atoms. The van der Waals surface area contributed by atoms with Crippen molar-refractivity contribution < 1.29 is 4.42 Å². The van der Waals surface area contributed by atoms with Crippen molar-refractivity contribution in [2.45, 2.75) is 0 Å². The zero-order chi connectivity index (χ0) is 38.9. The zero-order valence-corrected chi connectivity index (χ0v) is 32.2. The van der Waals surface area contributed by atoms with Crippen molar-refractivity contribution in [2.75, 3.05) is 0 Å². The summed E-state index contributed by atoms with van der Waals surface area (Å²) in [6.07, 6.45) is 0. The summed E-state index contributed by atoms with van der Waals surface area (Å²) in [5.74, 6) is 0. The van der Waals surface area contributed by atoms with Crippen molar-refractivity contribution in [2.24, 2.45) is 0 Å². The standard InChI is InChI=1S/C58H36O/c1-2-14-37(15-3-1)41-32-33-50-53(35-41)56(40-30-28-39(29-31-40)45-26-13-17-38-16-4-5-20-44(38)45)48-23-7-8-24-49(48)57(50)43-19-12-18-42(34-43)52-36-54-47-22-10-11-27-55(47)59-58(54)51-25-9-6-21-46(51)52/h1-36H. The van der Waals surface area contributed by atoms with Gasteiger partial charge in [0.2, 0.25) is 0 Å². The second-order valence-electron chi connectivity index (χ2n) is 15.6. The number of para-hydroxylation sites is 1. The van der Waals surface area contributed by atoms with E-state index in [2.05, 4.69) is 212 Å². The van der Waals surface area contributed by atoms with E-state index in [4.69, 9.17) is 4.42 Å². The van der Waals surface area contributed by atoms with Crippen LogP contribution in [-0.4, -0.2) is 0 Å². The van der Waals surface area contributed by atoms with Crippen LogP contribution in [0, 0.1) is 0 Å². The summed E-state index contributed by atoms with van der Waals surface area (Å²) in [7, 11) is 0. The van der Waals surface area contributed by atoms with Crippen LogP contribution in [0.25, 0.3) is 121 Å². The molecule has 0 aliphatic carbocycles. The number of rotatable bonds is 5. The second-order valence-corrected chi connectivity index (χ2v) is 15.6. The predicted octanol–water partition coefficient (Wildman–Crippen LogP) is 16.5. The van der Waals surface area contributed by atoms with Gasteiger partial charge in [-0.3, -0.25) is 0 Å². The zero-order valence-electron chi connectivity index (χ0n) is 32.2. The Morgan fingerprint density at radius 2 is 0.797 bits per heavy atom. The van der Waals surface area contributed by atoms with Gasteiger partial charge in [0.1, 0.15) is 11.2 Å². The van der Waals surface area contributed by atoms with Crippen molar-refractivity contribution in [3.63, 3.8) is 0 Å². The van der Waals surface area contributed by atoms with Crippen LogP contribution < -0.4 is 0 Å². The molecule has 59 heavy (non-hydrogen) atoms. The number of benzene rings is 11. The maximum Gasteiger partial charge on any atom is 0.143 e. The number of hydrogen-bond donors (Lipinski definition) is 0. The first-order chi connectivity index (χ1) is 29.3. The van der Waals surface area contributed by atoms with E-state index in [0.717, 1.165) is 27.3 Å². The molecule has 1 heterocycles. The molecular weight excluding hydrogens is 713 g/mol. The molecule has 1 nitrogen and oxygen atoms in total. The third-order valence-corrected chi connectivity index (χ3v) is 12.3. The van der Waals surface area contributed by atoms with Crippen LogP contribution in [0.2, 0.25) is 0 Å². The summed E-state index contributed by atoms with van der Waals surface area (Å²) in [5.41, 5.74) is 14.0. The average Bonchev–Trinajstić information content (AvgIpc) is 3.69. The fourth-order valence-corrected chi connectivity index (χ4v) is 9.53. The van der Waals surface area contributed by atoms with Crippen LogP contribution in [0.1, 0.15) is 0 Å². The van der Waals surface area contributed by atoms with E-state index in [1.807, 2.05) is 6.07 Å². The van der Waals surface area contributed by atoms with Gasteiger partial charge in [-0.05, 0) is 118 Å². The molecule has 0 N–H and O–H groups in total. The predicted molar refractivity (Wildman–Crippen MR) is 251 cm³/mol. The van der Waals surface area contributed by atoms with Crippen molar-refractivity contribution in [3.8, 4) is 55.6 Å². The highest BCUT2D eigenvalue weighted by Crippen LogP contribution is 2.47. The molecule has 0 unspecified atom stereocenters. The van der Waals surface area contributed by atoms with E-state index in [0.29, 0.717) is 0 Å². The molecular formula is C58H36O. The van der Waals surface area contributed by atoms with Crippen LogP contribution in [-0.2, 0) is 0 Å². The van der Waals surface area contributed by atoms with Gasteiger partial charge in [-0.25, -0.2) is 0 Å². The molecule has 12 aromatic rings. The first kappa shape index (κ1) is 33.4. The van der Waals surface area contributed by atoms with Crippen LogP contribution >= 0.6 is 0 Å². The lowest BCUT2D eigenvalue weighted by atomic mass is 9.84. The molecule has 0 saturated heterocycles. The van der Waals surface area contributed by atoms with E-state index in [-0.39, 0.29) is 0 Å². The Morgan fingerprint density at radius 1 is 0.237 bits per heavy atom. The Kier molecular flexibility index (Phi) is 7.61. The van der Waals surface area contributed by atoms with Gasteiger partial charge in [0.15, 0.2) is 0 Å². The summed E-state index contributed by atoms with van der Waals surface area (Å²) in [5, 5.41) is 12.0. The molecule has 0 bridgehead atoms. The molecule has 12 rings (SSSR count). The van der Waals surface area contributed by atoms with Crippen LogP contribution in [0.5, 0.6) is 0 Å². The Morgan fingerprint density at radius 3 is 1.61 bits per heavy atom.